The zero-order valence-electron chi connectivity index (χ0n) is 18.6. The number of carbonyl (C=O) groups is 1. The highest BCUT2D eigenvalue weighted by Crippen LogP contribution is 2.22. The lowest BCUT2D eigenvalue weighted by Gasteiger charge is -2.34. The molecule has 0 bridgehead atoms. The lowest BCUT2D eigenvalue weighted by Crippen LogP contribution is -2.48. The fourth-order valence-corrected chi connectivity index (χ4v) is 5.50. The van der Waals surface area contributed by atoms with Crippen LogP contribution in [0.15, 0.2) is 58.4 Å². The molecule has 174 valence electrons. The molecule has 2 unspecified atom stereocenters. The van der Waals surface area contributed by atoms with Gasteiger partial charge in [-0.15, -0.1) is 0 Å². The van der Waals surface area contributed by atoms with Crippen LogP contribution in [-0.4, -0.2) is 53.4 Å². The number of aryl methyl sites for hydroxylation is 1. The third kappa shape index (κ3) is 4.82. The van der Waals surface area contributed by atoms with Gasteiger partial charge in [-0.2, -0.15) is 4.31 Å². The molecular weight excluding hydrogens is 446 g/mol. The fourth-order valence-electron chi connectivity index (χ4n) is 3.87. The fraction of sp³-hybridized carbons (Fsp3) is 0.348. The van der Waals surface area contributed by atoms with Gasteiger partial charge in [0.15, 0.2) is 0 Å². The van der Waals surface area contributed by atoms with Gasteiger partial charge in [-0.1, -0.05) is 12.1 Å². The normalized spacial score (nSPS) is 19.5. The number of rotatable bonds is 5. The first kappa shape index (κ1) is 23.1. The summed E-state index contributed by atoms with van der Waals surface area (Å²) in [6.45, 7) is 5.74. The SMILES string of the molecule is Cc1cccn2c(=O)cc(COC(=O)c3cccc(S(=O)(=O)N4CC(C)OC(C)C4)c3)nc12. The highest BCUT2D eigenvalue weighted by molar-refractivity contribution is 7.89. The highest BCUT2D eigenvalue weighted by Gasteiger charge is 2.32. The van der Waals surface area contributed by atoms with Crippen molar-refractivity contribution >= 4 is 21.6 Å². The van der Waals surface area contributed by atoms with E-state index in [9.17, 15) is 18.0 Å². The van der Waals surface area contributed by atoms with Crippen molar-refractivity contribution in [2.24, 2.45) is 0 Å². The van der Waals surface area contributed by atoms with E-state index in [1.54, 1.807) is 12.3 Å². The van der Waals surface area contributed by atoms with E-state index in [4.69, 9.17) is 9.47 Å². The molecule has 1 saturated heterocycles. The van der Waals surface area contributed by atoms with Gasteiger partial charge in [-0.25, -0.2) is 18.2 Å². The smallest absolute Gasteiger partial charge is 0.338 e. The summed E-state index contributed by atoms with van der Waals surface area (Å²) < 4.78 is 39.9. The number of morpholine rings is 1. The van der Waals surface area contributed by atoms with Gasteiger partial charge < -0.3 is 9.47 Å². The minimum atomic E-state index is -3.80. The number of pyridine rings is 1. The van der Waals surface area contributed by atoms with Gasteiger partial charge in [0.25, 0.3) is 5.56 Å². The van der Waals surface area contributed by atoms with E-state index < -0.39 is 16.0 Å². The Balaban J connectivity index is 1.52. The Morgan fingerprint density at radius 1 is 1.15 bits per heavy atom. The Kier molecular flexibility index (Phi) is 6.33. The third-order valence-electron chi connectivity index (χ3n) is 5.38. The summed E-state index contributed by atoms with van der Waals surface area (Å²) in [6, 6.07) is 10.6. The van der Waals surface area contributed by atoms with Crippen LogP contribution in [0.2, 0.25) is 0 Å². The first-order valence-corrected chi connectivity index (χ1v) is 12.0. The predicted molar refractivity (Wildman–Crippen MR) is 121 cm³/mol. The van der Waals surface area contributed by atoms with Crippen molar-refractivity contribution in [3.63, 3.8) is 0 Å². The maximum absolute atomic E-state index is 13.1. The van der Waals surface area contributed by atoms with Gasteiger partial charge in [-0.05, 0) is 50.6 Å². The zero-order chi connectivity index (χ0) is 23.8. The van der Waals surface area contributed by atoms with Gasteiger partial charge in [0.1, 0.15) is 12.3 Å². The maximum Gasteiger partial charge on any atom is 0.338 e. The largest absolute Gasteiger partial charge is 0.456 e. The van der Waals surface area contributed by atoms with E-state index in [1.807, 2.05) is 26.8 Å². The van der Waals surface area contributed by atoms with Crippen LogP contribution in [0.5, 0.6) is 0 Å². The number of fused-ring (bicyclic) bond motifs is 1. The van der Waals surface area contributed by atoms with Crippen LogP contribution >= 0.6 is 0 Å². The van der Waals surface area contributed by atoms with E-state index in [2.05, 4.69) is 4.98 Å². The van der Waals surface area contributed by atoms with Crippen LogP contribution in [0.3, 0.4) is 0 Å². The van der Waals surface area contributed by atoms with Crippen molar-refractivity contribution in [3.8, 4) is 0 Å². The average molecular weight is 472 g/mol. The van der Waals surface area contributed by atoms with E-state index in [0.29, 0.717) is 11.3 Å². The molecule has 1 aliphatic heterocycles. The molecule has 0 spiro atoms. The Labute approximate surface area is 191 Å². The Morgan fingerprint density at radius 3 is 2.61 bits per heavy atom. The molecule has 0 radical (unpaired) electrons. The first-order valence-electron chi connectivity index (χ1n) is 10.6. The minimum absolute atomic E-state index is 0.0101. The van der Waals surface area contributed by atoms with E-state index in [1.165, 1.54) is 39.0 Å². The number of esters is 1. The molecule has 1 fully saturated rings. The van der Waals surface area contributed by atoms with Crippen molar-refractivity contribution < 1.29 is 22.7 Å². The molecule has 10 heteroatoms. The molecule has 0 saturated carbocycles. The summed E-state index contributed by atoms with van der Waals surface area (Å²) in [5.74, 6) is -0.706. The molecule has 0 aliphatic carbocycles. The number of aromatic nitrogens is 2. The van der Waals surface area contributed by atoms with E-state index in [0.717, 1.165) is 5.56 Å². The van der Waals surface area contributed by atoms with Gasteiger partial charge >= 0.3 is 5.97 Å². The molecule has 2 aromatic heterocycles. The predicted octanol–water partition coefficient (Wildman–Crippen LogP) is 2.16. The van der Waals surface area contributed by atoms with Crippen LogP contribution in [0.25, 0.3) is 5.65 Å². The van der Waals surface area contributed by atoms with Gasteiger partial charge in [0.2, 0.25) is 10.0 Å². The lowest BCUT2D eigenvalue weighted by molar-refractivity contribution is -0.0440. The minimum Gasteiger partial charge on any atom is -0.456 e. The monoisotopic (exact) mass is 471 g/mol. The quantitative estimate of drug-likeness (QED) is 0.525. The van der Waals surface area contributed by atoms with Crippen molar-refractivity contribution in [1.29, 1.82) is 0 Å². The molecule has 33 heavy (non-hydrogen) atoms. The van der Waals surface area contributed by atoms with Crippen LogP contribution < -0.4 is 5.56 Å². The Morgan fingerprint density at radius 2 is 1.88 bits per heavy atom. The van der Waals surface area contributed by atoms with Crippen LogP contribution in [0.4, 0.5) is 0 Å². The standard InChI is InChI=1S/C23H25N3O6S/c1-15-6-5-9-26-21(27)11-19(24-22(15)26)14-31-23(28)18-7-4-8-20(10-18)33(29,30)25-12-16(2)32-17(3)13-25/h4-11,16-17H,12-14H2,1-3H3. The summed E-state index contributed by atoms with van der Waals surface area (Å²) >= 11 is 0. The van der Waals surface area contributed by atoms with Crippen molar-refractivity contribution in [1.82, 2.24) is 13.7 Å². The Bertz CT molecular complexity index is 1360. The second-order valence-corrected chi connectivity index (χ2v) is 10.1. The molecule has 9 nitrogen and oxygen atoms in total. The molecule has 1 aliphatic rings. The second kappa shape index (κ2) is 9.05. The summed E-state index contributed by atoms with van der Waals surface area (Å²) in [6.07, 6.45) is 1.17. The van der Waals surface area contributed by atoms with Crippen LogP contribution in [0, 0.1) is 6.92 Å². The number of carbonyl (C=O) groups excluding carboxylic acids is 1. The van der Waals surface area contributed by atoms with Crippen molar-refractivity contribution in [2.45, 2.75) is 44.5 Å². The summed E-state index contributed by atoms with van der Waals surface area (Å²) in [5, 5.41) is 0. The van der Waals surface area contributed by atoms with Crippen molar-refractivity contribution in [3.05, 3.63) is 75.8 Å². The highest BCUT2D eigenvalue weighted by atomic mass is 32.2. The molecule has 3 aromatic rings. The number of hydrogen-bond acceptors (Lipinski definition) is 7. The van der Waals surface area contributed by atoms with Crippen LogP contribution in [-0.2, 0) is 26.1 Å². The molecular formula is C23H25N3O6S. The van der Waals surface area contributed by atoms with Crippen molar-refractivity contribution in [2.75, 3.05) is 13.1 Å². The van der Waals surface area contributed by atoms with E-state index in [-0.39, 0.29) is 47.9 Å². The van der Waals surface area contributed by atoms with Crippen LogP contribution in [0.1, 0.15) is 35.5 Å². The second-order valence-electron chi connectivity index (χ2n) is 8.15. The topological polar surface area (TPSA) is 107 Å². The third-order valence-corrected chi connectivity index (χ3v) is 7.21. The molecule has 0 N–H and O–H groups in total. The molecule has 2 atom stereocenters. The molecule has 3 heterocycles. The van der Waals surface area contributed by atoms with Gasteiger partial charge in [-0.3, -0.25) is 9.20 Å². The average Bonchev–Trinajstić information content (AvgIpc) is 2.77. The number of benzene rings is 1. The molecule has 1 aromatic carbocycles. The van der Waals surface area contributed by atoms with Gasteiger partial charge in [0.05, 0.1) is 28.4 Å². The number of nitrogens with zero attached hydrogens (tertiary/aromatic N) is 3. The lowest BCUT2D eigenvalue weighted by atomic mass is 10.2. The number of sulfonamides is 1. The summed E-state index contributed by atoms with van der Waals surface area (Å²) in [7, 11) is -3.80. The first-order chi connectivity index (χ1) is 15.6. The summed E-state index contributed by atoms with van der Waals surface area (Å²) in [5.41, 5.74) is 1.42. The maximum atomic E-state index is 13.1. The number of ether oxygens (including phenoxy) is 2. The summed E-state index contributed by atoms with van der Waals surface area (Å²) in [4.78, 5) is 29.4. The van der Waals surface area contributed by atoms with Gasteiger partial charge in [0, 0.05) is 25.4 Å². The molecule has 4 rings (SSSR count). The Hall–Kier alpha value is -3.08. The number of hydrogen-bond donors (Lipinski definition) is 0. The zero-order valence-corrected chi connectivity index (χ0v) is 19.4. The van der Waals surface area contributed by atoms with E-state index >= 15 is 0 Å². The molecule has 0 amide bonds.